The summed E-state index contributed by atoms with van der Waals surface area (Å²) in [4.78, 5) is 15.2. The molecule has 0 radical (unpaired) electrons. The van der Waals surface area contributed by atoms with E-state index in [1.165, 1.54) is 16.2 Å². The third kappa shape index (κ3) is 4.49. The van der Waals surface area contributed by atoms with Crippen LogP contribution in [0.15, 0.2) is 168 Å². The first-order valence-corrected chi connectivity index (χ1v) is 16.4. The molecule has 2 aromatic heterocycles. The Balaban J connectivity index is 1.31. The summed E-state index contributed by atoms with van der Waals surface area (Å²) in [6, 6.07) is 56.8. The highest BCUT2D eigenvalue weighted by atomic mass is 16.3. The molecule has 8 aromatic carbocycles. The van der Waals surface area contributed by atoms with Gasteiger partial charge in [-0.25, -0.2) is 15.0 Å². The molecular formula is C45H27N3O. The standard InChI is InChI=1S/C45H27N3O/c1-3-14-29(15-4-1)43-46-44(30-16-5-2-6-17-30)48-45(47-43)36-22-12-11-21-35(36)37-26-33-24-23-28-13-9-10-20-34(28)40(33)42-41(37)38-25-31-18-7-8-19-32(31)27-39(38)49-42/h1-27H. The largest absolute Gasteiger partial charge is 0.455 e. The minimum absolute atomic E-state index is 0.619. The fraction of sp³-hybridized carbons (Fsp3) is 0. The van der Waals surface area contributed by atoms with Crippen molar-refractivity contribution < 1.29 is 4.42 Å². The third-order valence-electron chi connectivity index (χ3n) is 9.47. The van der Waals surface area contributed by atoms with Crippen LogP contribution in [0.3, 0.4) is 0 Å². The fourth-order valence-corrected chi connectivity index (χ4v) is 7.17. The molecule has 49 heavy (non-hydrogen) atoms. The molecule has 0 amide bonds. The summed E-state index contributed by atoms with van der Waals surface area (Å²) in [6.07, 6.45) is 0. The lowest BCUT2D eigenvalue weighted by Crippen LogP contribution is -2.01. The van der Waals surface area contributed by atoms with Crippen LogP contribution in [0.2, 0.25) is 0 Å². The lowest BCUT2D eigenvalue weighted by Gasteiger charge is -2.14. The number of benzene rings is 8. The highest BCUT2D eigenvalue weighted by Gasteiger charge is 2.22. The van der Waals surface area contributed by atoms with Gasteiger partial charge in [0.1, 0.15) is 11.2 Å². The van der Waals surface area contributed by atoms with Gasteiger partial charge in [-0.05, 0) is 56.3 Å². The van der Waals surface area contributed by atoms with Crippen LogP contribution in [0.1, 0.15) is 0 Å². The maximum absolute atomic E-state index is 6.90. The number of aromatic nitrogens is 3. The van der Waals surface area contributed by atoms with Crippen molar-refractivity contribution in [2.45, 2.75) is 0 Å². The van der Waals surface area contributed by atoms with Gasteiger partial charge in [0, 0.05) is 32.8 Å². The Morgan fingerprint density at radius 1 is 0.347 bits per heavy atom. The van der Waals surface area contributed by atoms with Crippen LogP contribution < -0.4 is 0 Å². The number of rotatable bonds is 4. The Hall–Kier alpha value is -6.65. The zero-order valence-electron chi connectivity index (χ0n) is 26.3. The summed E-state index contributed by atoms with van der Waals surface area (Å²) >= 11 is 0. The fourth-order valence-electron chi connectivity index (χ4n) is 7.17. The van der Waals surface area contributed by atoms with Gasteiger partial charge < -0.3 is 4.42 Å². The first kappa shape index (κ1) is 27.5. The van der Waals surface area contributed by atoms with Crippen LogP contribution in [-0.4, -0.2) is 15.0 Å². The lowest BCUT2D eigenvalue weighted by atomic mass is 9.90. The zero-order chi connectivity index (χ0) is 32.3. The van der Waals surface area contributed by atoms with Gasteiger partial charge in [0.05, 0.1) is 0 Å². The minimum atomic E-state index is 0.619. The van der Waals surface area contributed by atoms with E-state index in [9.17, 15) is 0 Å². The van der Waals surface area contributed by atoms with Crippen molar-refractivity contribution >= 4 is 54.3 Å². The monoisotopic (exact) mass is 625 g/mol. The highest BCUT2D eigenvalue weighted by molar-refractivity contribution is 6.28. The Labute approximate surface area is 282 Å². The summed E-state index contributed by atoms with van der Waals surface area (Å²) in [5, 5.41) is 9.08. The number of furan rings is 1. The maximum atomic E-state index is 6.90. The second-order valence-electron chi connectivity index (χ2n) is 12.4. The first-order chi connectivity index (χ1) is 24.3. The normalized spacial score (nSPS) is 11.7. The molecule has 4 heteroatoms. The Morgan fingerprint density at radius 3 is 1.61 bits per heavy atom. The predicted molar refractivity (Wildman–Crippen MR) is 201 cm³/mol. The molecule has 0 aliphatic carbocycles. The molecule has 10 rings (SSSR count). The molecule has 0 unspecified atom stereocenters. The molecule has 0 saturated carbocycles. The summed E-state index contributed by atoms with van der Waals surface area (Å²) in [7, 11) is 0. The van der Waals surface area contributed by atoms with E-state index < -0.39 is 0 Å². The summed E-state index contributed by atoms with van der Waals surface area (Å²) < 4.78 is 6.90. The van der Waals surface area contributed by atoms with Crippen molar-refractivity contribution in [1.82, 2.24) is 15.0 Å². The molecule has 0 aliphatic heterocycles. The maximum Gasteiger partial charge on any atom is 0.164 e. The second-order valence-corrected chi connectivity index (χ2v) is 12.4. The Kier molecular flexibility index (Phi) is 6.15. The van der Waals surface area contributed by atoms with Crippen molar-refractivity contribution in [1.29, 1.82) is 0 Å². The van der Waals surface area contributed by atoms with Crippen LogP contribution in [0, 0.1) is 0 Å². The van der Waals surface area contributed by atoms with Crippen LogP contribution in [0.25, 0.3) is 99.5 Å². The average molecular weight is 626 g/mol. The van der Waals surface area contributed by atoms with E-state index in [0.717, 1.165) is 65.9 Å². The van der Waals surface area contributed by atoms with E-state index in [1.807, 2.05) is 60.7 Å². The van der Waals surface area contributed by atoms with Gasteiger partial charge in [-0.3, -0.25) is 0 Å². The molecule has 0 spiro atoms. The molecular weight excluding hydrogens is 599 g/mol. The van der Waals surface area contributed by atoms with Gasteiger partial charge in [0.25, 0.3) is 0 Å². The van der Waals surface area contributed by atoms with E-state index >= 15 is 0 Å². The summed E-state index contributed by atoms with van der Waals surface area (Å²) in [5.41, 5.74) is 6.66. The number of fused-ring (bicyclic) bond motifs is 8. The SMILES string of the molecule is c1ccc(-c2nc(-c3ccccc3)nc(-c3ccccc3-c3cc4ccc5ccccc5c4c4oc5cc6ccccc6cc5c34)n2)cc1. The van der Waals surface area contributed by atoms with Crippen LogP contribution in [0.4, 0.5) is 0 Å². The van der Waals surface area contributed by atoms with Crippen molar-refractivity contribution in [3.05, 3.63) is 164 Å². The van der Waals surface area contributed by atoms with Crippen molar-refractivity contribution in [3.63, 3.8) is 0 Å². The minimum Gasteiger partial charge on any atom is -0.455 e. The summed E-state index contributed by atoms with van der Waals surface area (Å²) in [6.45, 7) is 0. The molecule has 228 valence electrons. The molecule has 2 heterocycles. The van der Waals surface area contributed by atoms with Gasteiger partial charge >= 0.3 is 0 Å². The van der Waals surface area contributed by atoms with Crippen molar-refractivity contribution in [2.24, 2.45) is 0 Å². The van der Waals surface area contributed by atoms with E-state index in [0.29, 0.717) is 17.5 Å². The smallest absolute Gasteiger partial charge is 0.164 e. The lowest BCUT2D eigenvalue weighted by molar-refractivity contribution is 0.673. The zero-order valence-corrected chi connectivity index (χ0v) is 26.3. The number of nitrogens with zero attached hydrogens (tertiary/aromatic N) is 3. The summed E-state index contributed by atoms with van der Waals surface area (Å²) in [5.74, 6) is 1.89. The van der Waals surface area contributed by atoms with E-state index in [1.54, 1.807) is 0 Å². The highest BCUT2D eigenvalue weighted by Crippen LogP contribution is 2.46. The Bertz CT molecular complexity index is 2820. The molecule has 0 bridgehead atoms. The van der Waals surface area contributed by atoms with Gasteiger partial charge in [-0.15, -0.1) is 0 Å². The van der Waals surface area contributed by atoms with Crippen LogP contribution in [-0.2, 0) is 0 Å². The molecule has 0 aliphatic rings. The topological polar surface area (TPSA) is 51.8 Å². The third-order valence-corrected chi connectivity index (χ3v) is 9.47. The number of hydrogen-bond donors (Lipinski definition) is 0. The molecule has 0 N–H and O–H groups in total. The second kappa shape index (κ2) is 11.0. The van der Waals surface area contributed by atoms with E-state index in [2.05, 4.69) is 103 Å². The Morgan fingerprint density at radius 2 is 0.898 bits per heavy atom. The molecule has 4 nitrogen and oxygen atoms in total. The van der Waals surface area contributed by atoms with E-state index in [4.69, 9.17) is 19.4 Å². The van der Waals surface area contributed by atoms with Crippen LogP contribution in [0.5, 0.6) is 0 Å². The van der Waals surface area contributed by atoms with Crippen molar-refractivity contribution in [2.75, 3.05) is 0 Å². The van der Waals surface area contributed by atoms with E-state index in [-0.39, 0.29) is 0 Å². The van der Waals surface area contributed by atoms with Crippen molar-refractivity contribution in [3.8, 4) is 45.3 Å². The molecule has 0 atom stereocenters. The predicted octanol–water partition coefficient (Wildman–Crippen LogP) is 11.9. The van der Waals surface area contributed by atoms with Crippen LogP contribution >= 0.6 is 0 Å². The van der Waals surface area contributed by atoms with Gasteiger partial charge in [-0.2, -0.15) is 0 Å². The average Bonchev–Trinajstić information content (AvgIpc) is 3.55. The van der Waals surface area contributed by atoms with Gasteiger partial charge in [0.2, 0.25) is 0 Å². The van der Waals surface area contributed by atoms with Gasteiger partial charge in [-0.1, -0.05) is 146 Å². The van der Waals surface area contributed by atoms with Gasteiger partial charge in [0.15, 0.2) is 17.5 Å². The molecule has 0 fully saturated rings. The molecule has 10 aromatic rings. The molecule has 0 saturated heterocycles. The number of hydrogen-bond acceptors (Lipinski definition) is 4. The first-order valence-electron chi connectivity index (χ1n) is 16.4. The quantitative estimate of drug-likeness (QED) is 0.183.